The number of fused-ring (bicyclic) bond motifs is 1. The van der Waals surface area contributed by atoms with E-state index in [1.165, 1.54) is 28.4 Å². The molecule has 0 aromatic carbocycles. The molecule has 1 aromatic heterocycles. The highest BCUT2D eigenvalue weighted by Crippen LogP contribution is 2.37. The third-order valence-corrected chi connectivity index (χ3v) is 4.06. The first-order valence-corrected chi connectivity index (χ1v) is 5.73. The van der Waals surface area contributed by atoms with Gasteiger partial charge in [-0.05, 0) is 12.8 Å². The first kappa shape index (κ1) is 9.16. The molecule has 3 heteroatoms. The van der Waals surface area contributed by atoms with Crippen LogP contribution in [0.2, 0.25) is 0 Å². The minimum Gasteiger partial charge on any atom is -0.330 e. The van der Waals surface area contributed by atoms with Crippen LogP contribution in [0.15, 0.2) is 0 Å². The van der Waals surface area contributed by atoms with E-state index >= 15 is 0 Å². The van der Waals surface area contributed by atoms with E-state index in [1.54, 1.807) is 0 Å². The van der Waals surface area contributed by atoms with E-state index in [1.807, 2.05) is 11.3 Å². The van der Waals surface area contributed by atoms with Crippen molar-refractivity contribution in [2.24, 2.45) is 5.73 Å². The summed E-state index contributed by atoms with van der Waals surface area (Å²) in [6.45, 7) is 5.16. The van der Waals surface area contributed by atoms with Crippen LogP contribution in [0.1, 0.15) is 47.7 Å². The maximum Gasteiger partial charge on any atom is 0.0956 e. The molecular formula is C10H16N2S. The molecule has 1 aromatic rings. The van der Waals surface area contributed by atoms with Crippen molar-refractivity contribution in [3.8, 4) is 0 Å². The second-order valence-electron chi connectivity index (χ2n) is 3.99. The van der Waals surface area contributed by atoms with Crippen LogP contribution in [0.3, 0.4) is 0 Å². The molecule has 2 N–H and O–H groups in total. The molecule has 1 aliphatic carbocycles. The van der Waals surface area contributed by atoms with E-state index in [4.69, 9.17) is 5.73 Å². The van der Waals surface area contributed by atoms with Crippen molar-refractivity contribution in [2.45, 2.75) is 38.5 Å². The highest BCUT2D eigenvalue weighted by Gasteiger charge is 2.26. The van der Waals surface area contributed by atoms with Crippen LogP contribution in [0.5, 0.6) is 0 Å². The van der Waals surface area contributed by atoms with E-state index in [2.05, 4.69) is 18.8 Å². The number of nitrogens with zero attached hydrogens (tertiary/aromatic N) is 1. The largest absolute Gasteiger partial charge is 0.330 e. The molecule has 0 spiro atoms. The molecule has 1 heterocycles. The van der Waals surface area contributed by atoms with Gasteiger partial charge in [-0.15, -0.1) is 11.3 Å². The minimum absolute atomic E-state index is 0.541. The van der Waals surface area contributed by atoms with Crippen LogP contribution < -0.4 is 5.73 Å². The van der Waals surface area contributed by atoms with Crippen LogP contribution >= 0.6 is 11.3 Å². The highest BCUT2D eigenvalue weighted by atomic mass is 32.1. The zero-order valence-corrected chi connectivity index (χ0v) is 9.03. The standard InChI is InChI=1S/C10H16N2S/c1-6(2)10-12-9-7(5-11)3-4-8(9)13-10/h6-7H,3-5,11H2,1-2H3. The number of aryl methyl sites for hydroxylation is 1. The van der Waals surface area contributed by atoms with E-state index in [0.717, 1.165) is 6.54 Å². The summed E-state index contributed by atoms with van der Waals surface area (Å²) in [6.07, 6.45) is 2.41. The molecule has 1 aliphatic rings. The number of hydrogen-bond donors (Lipinski definition) is 1. The summed E-state index contributed by atoms with van der Waals surface area (Å²) in [4.78, 5) is 6.17. The fourth-order valence-electron chi connectivity index (χ4n) is 1.80. The molecule has 2 rings (SSSR count). The quantitative estimate of drug-likeness (QED) is 0.788. The van der Waals surface area contributed by atoms with Gasteiger partial charge in [0.25, 0.3) is 0 Å². The Hall–Kier alpha value is -0.410. The molecule has 0 amide bonds. The zero-order chi connectivity index (χ0) is 9.42. The SMILES string of the molecule is CC(C)c1nc2c(s1)CCC2CN. The minimum atomic E-state index is 0.541. The molecule has 0 saturated carbocycles. The summed E-state index contributed by atoms with van der Waals surface area (Å²) in [5.74, 6) is 1.10. The van der Waals surface area contributed by atoms with E-state index < -0.39 is 0 Å². The Morgan fingerprint density at radius 2 is 2.38 bits per heavy atom. The summed E-state index contributed by atoms with van der Waals surface area (Å²) in [6, 6.07) is 0. The molecule has 72 valence electrons. The molecule has 1 atom stereocenters. The summed E-state index contributed by atoms with van der Waals surface area (Å²) < 4.78 is 0. The Morgan fingerprint density at radius 1 is 1.62 bits per heavy atom. The van der Waals surface area contributed by atoms with Crippen molar-refractivity contribution >= 4 is 11.3 Å². The van der Waals surface area contributed by atoms with Gasteiger partial charge in [0.2, 0.25) is 0 Å². The molecule has 0 fully saturated rings. The highest BCUT2D eigenvalue weighted by molar-refractivity contribution is 7.11. The molecule has 1 unspecified atom stereocenters. The Labute approximate surface area is 83.2 Å². The van der Waals surface area contributed by atoms with Gasteiger partial charge in [-0.2, -0.15) is 0 Å². The second-order valence-corrected chi connectivity index (χ2v) is 5.10. The third-order valence-electron chi connectivity index (χ3n) is 2.63. The van der Waals surface area contributed by atoms with Gasteiger partial charge in [0.05, 0.1) is 10.7 Å². The van der Waals surface area contributed by atoms with Crippen molar-refractivity contribution in [1.82, 2.24) is 4.98 Å². The maximum absolute atomic E-state index is 5.70. The number of aromatic nitrogens is 1. The van der Waals surface area contributed by atoms with Crippen molar-refractivity contribution in [2.75, 3.05) is 6.54 Å². The molecular weight excluding hydrogens is 180 g/mol. The van der Waals surface area contributed by atoms with Crippen molar-refractivity contribution < 1.29 is 0 Å². The van der Waals surface area contributed by atoms with E-state index in [0.29, 0.717) is 11.8 Å². The number of thiazole rings is 1. The Bertz CT molecular complexity index is 304. The first-order chi connectivity index (χ1) is 6.22. The van der Waals surface area contributed by atoms with Crippen LogP contribution in [0.25, 0.3) is 0 Å². The molecule has 2 nitrogen and oxygen atoms in total. The average Bonchev–Trinajstić information content (AvgIpc) is 2.60. The first-order valence-electron chi connectivity index (χ1n) is 4.92. The fraction of sp³-hybridized carbons (Fsp3) is 0.700. The van der Waals surface area contributed by atoms with Crippen LogP contribution in [0, 0.1) is 0 Å². The van der Waals surface area contributed by atoms with E-state index in [9.17, 15) is 0 Å². The molecule has 13 heavy (non-hydrogen) atoms. The van der Waals surface area contributed by atoms with Gasteiger partial charge in [-0.3, -0.25) is 0 Å². The Kier molecular flexibility index (Phi) is 2.39. The van der Waals surface area contributed by atoms with Crippen molar-refractivity contribution in [1.29, 1.82) is 0 Å². The van der Waals surface area contributed by atoms with Gasteiger partial charge in [-0.1, -0.05) is 13.8 Å². The van der Waals surface area contributed by atoms with Gasteiger partial charge in [0.1, 0.15) is 0 Å². The summed E-state index contributed by atoms with van der Waals surface area (Å²) >= 11 is 1.88. The molecule has 0 saturated heterocycles. The lowest BCUT2D eigenvalue weighted by atomic mass is 10.1. The Balaban J connectivity index is 2.31. The van der Waals surface area contributed by atoms with Gasteiger partial charge >= 0.3 is 0 Å². The number of rotatable bonds is 2. The summed E-state index contributed by atoms with van der Waals surface area (Å²) in [7, 11) is 0. The lowest BCUT2D eigenvalue weighted by Gasteiger charge is -2.04. The van der Waals surface area contributed by atoms with Crippen LogP contribution in [-0.2, 0) is 6.42 Å². The molecule has 0 aliphatic heterocycles. The fourth-order valence-corrected chi connectivity index (χ4v) is 2.97. The second kappa shape index (κ2) is 3.39. The van der Waals surface area contributed by atoms with Crippen molar-refractivity contribution in [3.63, 3.8) is 0 Å². The Morgan fingerprint density at radius 3 is 3.00 bits per heavy atom. The summed E-state index contributed by atoms with van der Waals surface area (Å²) in [5.41, 5.74) is 7.00. The summed E-state index contributed by atoms with van der Waals surface area (Å²) in [5, 5.41) is 1.28. The smallest absolute Gasteiger partial charge is 0.0956 e. The number of hydrogen-bond acceptors (Lipinski definition) is 3. The molecule has 0 radical (unpaired) electrons. The zero-order valence-electron chi connectivity index (χ0n) is 8.21. The lowest BCUT2D eigenvalue weighted by molar-refractivity contribution is 0.668. The normalized spacial score (nSPS) is 21.1. The topological polar surface area (TPSA) is 38.9 Å². The maximum atomic E-state index is 5.70. The van der Waals surface area contributed by atoms with Crippen molar-refractivity contribution in [3.05, 3.63) is 15.6 Å². The monoisotopic (exact) mass is 196 g/mol. The lowest BCUT2D eigenvalue weighted by Crippen LogP contribution is -2.10. The third kappa shape index (κ3) is 1.51. The predicted molar refractivity (Wildman–Crippen MR) is 56.3 cm³/mol. The van der Waals surface area contributed by atoms with E-state index in [-0.39, 0.29) is 0 Å². The van der Waals surface area contributed by atoms with Gasteiger partial charge in [0.15, 0.2) is 0 Å². The van der Waals surface area contributed by atoms with Crippen LogP contribution in [-0.4, -0.2) is 11.5 Å². The predicted octanol–water partition coefficient (Wildman–Crippen LogP) is 2.26. The molecule has 0 bridgehead atoms. The number of nitrogens with two attached hydrogens (primary N) is 1. The average molecular weight is 196 g/mol. The van der Waals surface area contributed by atoms with Gasteiger partial charge in [-0.25, -0.2) is 4.98 Å². The van der Waals surface area contributed by atoms with Gasteiger partial charge in [0, 0.05) is 23.3 Å². The van der Waals surface area contributed by atoms with Gasteiger partial charge < -0.3 is 5.73 Å². The van der Waals surface area contributed by atoms with Crippen LogP contribution in [0.4, 0.5) is 0 Å².